The van der Waals surface area contributed by atoms with Gasteiger partial charge in [0.2, 0.25) is 5.91 Å². The highest BCUT2D eigenvalue weighted by Gasteiger charge is 2.31. The maximum atomic E-state index is 12.8. The summed E-state index contributed by atoms with van der Waals surface area (Å²) in [7, 11) is 0. The van der Waals surface area contributed by atoms with E-state index >= 15 is 0 Å². The quantitative estimate of drug-likeness (QED) is 0.688. The van der Waals surface area contributed by atoms with Crippen molar-refractivity contribution in [2.75, 3.05) is 25.0 Å². The third-order valence-corrected chi connectivity index (χ3v) is 5.07. The van der Waals surface area contributed by atoms with Gasteiger partial charge in [0.05, 0.1) is 18.0 Å². The molecule has 1 aliphatic heterocycles. The van der Waals surface area contributed by atoms with Crippen molar-refractivity contribution in [3.8, 4) is 0 Å². The minimum atomic E-state index is -4.42. The van der Waals surface area contributed by atoms with Crippen LogP contribution in [0.4, 0.5) is 18.9 Å². The van der Waals surface area contributed by atoms with Crippen molar-refractivity contribution < 1.29 is 22.4 Å². The molecule has 1 amide bonds. The van der Waals surface area contributed by atoms with Gasteiger partial charge in [-0.25, -0.2) is 4.98 Å². The summed E-state index contributed by atoms with van der Waals surface area (Å²) in [4.78, 5) is 18.8. The van der Waals surface area contributed by atoms with Crippen molar-refractivity contribution >= 4 is 22.7 Å². The molecule has 0 saturated carbocycles. The fourth-order valence-corrected chi connectivity index (χ4v) is 3.56. The molecule has 152 valence electrons. The second kappa shape index (κ2) is 7.77. The number of hydrogen-bond acceptors (Lipinski definition) is 4. The number of oxazole rings is 1. The fourth-order valence-electron chi connectivity index (χ4n) is 3.56. The standard InChI is InChI=1S/C21H20F3N3O2/c22-21(23,24)15-6-3-7-16(11-15)25-12-19(28)27-10-4-5-14(13-27)20-26-17-8-1-2-9-18(17)29-20/h1-3,6-9,11,14,25H,4-5,10,12-13H2. The number of halogens is 3. The molecular weight excluding hydrogens is 383 g/mol. The van der Waals surface area contributed by atoms with E-state index in [9.17, 15) is 18.0 Å². The first-order valence-electron chi connectivity index (χ1n) is 9.44. The number of carbonyl (C=O) groups excluding carboxylic acids is 1. The molecule has 1 atom stereocenters. The lowest BCUT2D eigenvalue weighted by atomic mass is 9.98. The Morgan fingerprint density at radius 2 is 2.03 bits per heavy atom. The summed E-state index contributed by atoms with van der Waals surface area (Å²) >= 11 is 0. The molecule has 1 saturated heterocycles. The summed E-state index contributed by atoms with van der Waals surface area (Å²) in [6.07, 6.45) is -2.72. The van der Waals surface area contributed by atoms with Crippen LogP contribution in [0.2, 0.25) is 0 Å². The van der Waals surface area contributed by atoms with E-state index in [-0.39, 0.29) is 24.1 Å². The lowest BCUT2D eigenvalue weighted by Crippen LogP contribution is -2.42. The molecule has 3 aromatic rings. The highest BCUT2D eigenvalue weighted by Crippen LogP contribution is 2.31. The Kier molecular flexibility index (Phi) is 5.17. The van der Waals surface area contributed by atoms with Gasteiger partial charge < -0.3 is 14.6 Å². The van der Waals surface area contributed by atoms with Gasteiger partial charge in [-0.05, 0) is 43.2 Å². The predicted octanol–water partition coefficient (Wildman–Crippen LogP) is 4.66. The summed E-state index contributed by atoms with van der Waals surface area (Å²) in [5, 5.41) is 2.80. The van der Waals surface area contributed by atoms with Gasteiger partial charge in [-0.15, -0.1) is 0 Å². The number of rotatable bonds is 4. The first-order valence-corrected chi connectivity index (χ1v) is 9.44. The number of fused-ring (bicyclic) bond motifs is 1. The van der Waals surface area contributed by atoms with Crippen molar-refractivity contribution in [1.82, 2.24) is 9.88 Å². The van der Waals surface area contributed by atoms with Crippen molar-refractivity contribution in [1.29, 1.82) is 0 Å². The van der Waals surface area contributed by atoms with E-state index in [2.05, 4.69) is 10.3 Å². The zero-order valence-corrected chi connectivity index (χ0v) is 15.6. The number of nitrogens with one attached hydrogen (secondary N) is 1. The summed E-state index contributed by atoms with van der Waals surface area (Å²) in [6, 6.07) is 12.4. The van der Waals surface area contributed by atoms with Crippen LogP contribution in [-0.4, -0.2) is 35.4 Å². The molecule has 0 aliphatic carbocycles. The molecule has 0 spiro atoms. The zero-order chi connectivity index (χ0) is 20.4. The number of hydrogen-bond donors (Lipinski definition) is 1. The third-order valence-electron chi connectivity index (χ3n) is 5.07. The number of likely N-dealkylation sites (tertiary alicyclic amines) is 1. The number of para-hydroxylation sites is 2. The molecule has 8 heteroatoms. The van der Waals surface area contributed by atoms with Crippen LogP contribution in [0.3, 0.4) is 0 Å². The molecule has 0 radical (unpaired) electrons. The van der Waals surface area contributed by atoms with Gasteiger partial charge in [-0.3, -0.25) is 4.79 Å². The molecule has 1 aromatic heterocycles. The number of anilines is 1. The first kappa shape index (κ1) is 19.3. The average molecular weight is 403 g/mol. The van der Waals surface area contributed by atoms with Gasteiger partial charge in [-0.1, -0.05) is 18.2 Å². The molecule has 1 N–H and O–H groups in total. The molecule has 1 aliphatic rings. The highest BCUT2D eigenvalue weighted by atomic mass is 19.4. The number of amides is 1. The maximum Gasteiger partial charge on any atom is 0.416 e. The number of piperidine rings is 1. The van der Waals surface area contributed by atoms with E-state index in [1.807, 2.05) is 24.3 Å². The lowest BCUT2D eigenvalue weighted by Gasteiger charge is -2.31. The minimum absolute atomic E-state index is 0.00802. The molecule has 2 heterocycles. The fraction of sp³-hybridized carbons (Fsp3) is 0.333. The molecule has 4 rings (SSSR count). The topological polar surface area (TPSA) is 58.4 Å². The molecule has 5 nitrogen and oxygen atoms in total. The third kappa shape index (κ3) is 4.36. The monoisotopic (exact) mass is 403 g/mol. The van der Waals surface area contributed by atoms with Crippen molar-refractivity contribution in [2.45, 2.75) is 24.9 Å². The van der Waals surface area contributed by atoms with Crippen molar-refractivity contribution in [3.63, 3.8) is 0 Å². The second-order valence-corrected chi connectivity index (χ2v) is 7.13. The van der Waals surface area contributed by atoms with E-state index in [1.54, 1.807) is 4.90 Å². The summed E-state index contributed by atoms with van der Waals surface area (Å²) < 4.78 is 44.3. The first-order chi connectivity index (χ1) is 13.9. The molecule has 1 unspecified atom stereocenters. The van der Waals surface area contributed by atoms with Crippen LogP contribution < -0.4 is 5.32 Å². The lowest BCUT2D eigenvalue weighted by molar-refractivity contribution is -0.137. The highest BCUT2D eigenvalue weighted by molar-refractivity contribution is 5.81. The van der Waals surface area contributed by atoms with Gasteiger partial charge in [0, 0.05) is 18.8 Å². The Balaban J connectivity index is 1.39. The van der Waals surface area contributed by atoms with Crippen LogP contribution in [0.15, 0.2) is 52.9 Å². The van der Waals surface area contributed by atoms with E-state index in [0.717, 1.165) is 36.1 Å². The number of alkyl halides is 3. The smallest absolute Gasteiger partial charge is 0.416 e. The maximum absolute atomic E-state index is 12.8. The van der Waals surface area contributed by atoms with Gasteiger partial charge in [0.25, 0.3) is 0 Å². The number of nitrogens with zero attached hydrogens (tertiary/aromatic N) is 2. The normalized spacial score (nSPS) is 17.5. The Bertz CT molecular complexity index is 983. The van der Waals surface area contributed by atoms with Crippen LogP contribution in [0, 0.1) is 0 Å². The number of aromatic nitrogens is 1. The van der Waals surface area contributed by atoms with Crippen LogP contribution in [0.1, 0.15) is 30.2 Å². The van der Waals surface area contributed by atoms with E-state index in [0.29, 0.717) is 19.0 Å². The van der Waals surface area contributed by atoms with Crippen LogP contribution in [0.5, 0.6) is 0 Å². The zero-order valence-electron chi connectivity index (χ0n) is 15.6. The Morgan fingerprint density at radius 3 is 2.83 bits per heavy atom. The Morgan fingerprint density at radius 1 is 1.21 bits per heavy atom. The van der Waals surface area contributed by atoms with Crippen molar-refractivity contribution in [2.24, 2.45) is 0 Å². The van der Waals surface area contributed by atoms with Gasteiger partial charge in [-0.2, -0.15) is 13.2 Å². The average Bonchev–Trinajstić information content (AvgIpc) is 3.16. The summed E-state index contributed by atoms with van der Waals surface area (Å²) in [5.74, 6) is 0.464. The number of carbonyl (C=O) groups is 1. The minimum Gasteiger partial charge on any atom is -0.440 e. The SMILES string of the molecule is O=C(CNc1cccc(C(F)(F)F)c1)N1CCCC(c2nc3ccccc3o2)C1. The van der Waals surface area contributed by atoms with Gasteiger partial charge >= 0.3 is 6.18 Å². The molecule has 1 fully saturated rings. The van der Waals surface area contributed by atoms with Crippen LogP contribution >= 0.6 is 0 Å². The van der Waals surface area contributed by atoms with Crippen LogP contribution in [-0.2, 0) is 11.0 Å². The predicted molar refractivity (Wildman–Crippen MR) is 102 cm³/mol. The van der Waals surface area contributed by atoms with Crippen molar-refractivity contribution in [3.05, 3.63) is 60.0 Å². The molecule has 0 bridgehead atoms. The van der Waals surface area contributed by atoms with E-state index < -0.39 is 11.7 Å². The summed E-state index contributed by atoms with van der Waals surface area (Å²) in [6.45, 7) is 1.03. The van der Waals surface area contributed by atoms with Crippen LogP contribution in [0.25, 0.3) is 11.1 Å². The van der Waals surface area contributed by atoms with Gasteiger partial charge in [0.1, 0.15) is 5.52 Å². The molecule has 29 heavy (non-hydrogen) atoms. The summed E-state index contributed by atoms with van der Waals surface area (Å²) in [5.41, 5.74) is 1.03. The van der Waals surface area contributed by atoms with Gasteiger partial charge in [0.15, 0.2) is 11.5 Å². The Hall–Kier alpha value is -3.03. The van der Waals surface area contributed by atoms with E-state index in [4.69, 9.17) is 4.42 Å². The molecular formula is C21H20F3N3O2. The number of benzene rings is 2. The largest absolute Gasteiger partial charge is 0.440 e. The second-order valence-electron chi connectivity index (χ2n) is 7.13. The Labute approximate surface area is 165 Å². The van der Waals surface area contributed by atoms with E-state index in [1.165, 1.54) is 12.1 Å². The molecule has 2 aromatic carbocycles.